The van der Waals surface area contributed by atoms with E-state index in [9.17, 15) is 9.59 Å². The van der Waals surface area contributed by atoms with Crippen molar-refractivity contribution in [2.75, 3.05) is 22.9 Å². The van der Waals surface area contributed by atoms with Gasteiger partial charge >= 0.3 is 0 Å². The van der Waals surface area contributed by atoms with Gasteiger partial charge in [-0.1, -0.05) is 35.6 Å². The van der Waals surface area contributed by atoms with Crippen molar-refractivity contribution < 1.29 is 14.3 Å². The van der Waals surface area contributed by atoms with Crippen LogP contribution in [0.4, 0.5) is 10.8 Å². The zero-order chi connectivity index (χ0) is 19.7. The summed E-state index contributed by atoms with van der Waals surface area (Å²) in [5.74, 6) is 0.487. The Balaban J connectivity index is 1.52. The minimum Gasteiger partial charge on any atom is -0.479 e. The number of amides is 2. The molecule has 144 valence electrons. The van der Waals surface area contributed by atoms with Gasteiger partial charge in [-0.25, -0.2) is 4.98 Å². The summed E-state index contributed by atoms with van der Waals surface area (Å²) in [7, 11) is 0. The van der Waals surface area contributed by atoms with Crippen molar-refractivity contribution in [1.82, 2.24) is 4.98 Å². The van der Waals surface area contributed by atoms with E-state index >= 15 is 0 Å². The lowest BCUT2D eigenvalue weighted by Gasteiger charge is -2.33. The molecule has 4 rings (SSSR count). The molecule has 0 N–H and O–H groups in total. The van der Waals surface area contributed by atoms with E-state index in [0.717, 1.165) is 10.2 Å². The monoisotopic (exact) mass is 395 g/mol. The van der Waals surface area contributed by atoms with Crippen molar-refractivity contribution in [2.24, 2.45) is 0 Å². The molecule has 0 spiro atoms. The van der Waals surface area contributed by atoms with E-state index in [1.54, 1.807) is 16.7 Å². The molecule has 0 saturated heterocycles. The Morgan fingerprint density at radius 1 is 1.21 bits per heavy atom. The van der Waals surface area contributed by atoms with Crippen molar-refractivity contribution in [3.8, 4) is 5.75 Å². The van der Waals surface area contributed by atoms with Gasteiger partial charge in [0.1, 0.15) is 5.75 Å². The molecule has 0 fully saturated rings. The molecule has 6 nitrogen and oxygen atoms in total. The molecule has 28 heavy (non-hydrogen) atoms. The number of hydrogen-bond donors (Lipinski definition) is 0. The van der Waals surface area contributed by atoms with Gasteiger partial charge in [0.15, 0.2) is 11.2 Å². The van der Waals surface area contributed by atoms with Gasteiger partial charge in [-0.05, 0) is 38.1 Å². The van der Waals surface area contributed by atoms with Crippen LogP contribution in [0.5, 0.6) is 5.75 Å². The summed E-state index contributed by atoms with van der Waals surface area (Å²) in [6.45, 7) is 4.50. The van der Waals surface area contributed by atoms with E-state index in [1.807, 2.05) is 55.5 Å². The van der Waals surface area contributed by atoms with E-state index in [1.165, 1.54) is 11.3 Å². The van der Waals surface area contributed by atoms with Crippen LogP contribution in [0.2, 0.25) is 0 Å². The zero-order valence-electron chi connectivity index (χ0n) is 15.8. The van der Waals surface area contributed by atoms with Crippen LogP contribution in [0.15, 0.2) is 48.5 Å². The summed E-state index contributed by atoms with van der Waals surface area (Å²) in [6, 6.07) is 15.3. The number of anilines is 2. The zero-order valence-corrected chi connectivity index (χ0v) is 16.6. The first-order valence-electron chi connectivity index (χ1n) is 9.31. The van der Waals surface area contributed by atoms with Gasteiger partial charge in [0.2, 0.25) is 5.91 Å². The number of nitrogens with zero attached hydrogens (tertiary/aromatic N) is 3. The highest BCUT2D eigenvalue weighted by Crippen LogP contribution is 2.34. The number of rotatable bonds is 5. The van der Waals surface area contributed by atoms with Crippen LogP contribution in [0.3, 0.4) is 0 Å². The molecule has 1 aromatic heterocycles. The number of carbonyl (C=O) groups is 2. The van der Waals surface area contributed by atoms with Gasteiger partial charge < -0.3 is 9.64 Å². The topological polar surface area (TPSA) is 62.7 Å². The average molecular weight is 395 g/mol. The molecule has 0 aliphatic carbocycles. The van der Waals surface area contributed by atoms with E-state index in [2.05, 4.69) is 4.98 Å². The highest BCUT2D eigenvalue weighted by atomic mass is 32.1. The van der Waals surface area contributed by atoms with Crippen molar-refractivity contribution in [3.63, 3.8) is 0 Å². The molecule has 0 radical (unpaired) electrons. The molecule has 7 heteroatoms. The van der Waals surface area contributed by atoms with Gasteiger partial charge in [0, 0.05) is 19.5 Å². The predicted molar refractivity (Wildman–Crippen MR) is 111 cm³/mol. The second kappa shape index (κ2) is 7.59. The van der Waals surface area contributed by atoms with E-state index < -0.39 is 6.10 Å². The molecule has 1 unspecified atom stereocenters. The fourth-order valence-corrected chi connectivity index (χ4v) is 4.37. The molecular weight excluding hydrogens is 374 g/mol. The number of aromatic nitrogens is 1. The maximum atomic E-state index is 12.9. The maximum absolute atomic E-state index is 12.9. The first-order chi connectivity index (χ1) is 13.6. The quantitative estimate of drug-likeness (QED) is 0.658. The van der Waals surface area contributed by atoms with E-state index in [4.69, 9.17) is 4.74 Å². The minimum atomic E-state index is -0.559. The Kier molecular flexibility index (Phi) is 5.00. The average Bonchev–Trinajstić information content (AvgIpc) is 3.12. The van der Waals surface area contributed by atoms with Crippen LogP contribution < -0.4 is 14.5 Å². The van der Waals surface area contributed by atoms with Crippen LogP contribution in [-0.4, -0.2) is 36.0 Å². The largest absolute Gasteiger partial charge is 0.479 e. The Labute approximate surface area is 167 Å². The lowest BCUT2D eigenvalue weighted by atomic mass is 10.1. The minimum absolute atomic E-state index is 0.0500. The van der Waals surface area contributed by atoms with Crippen LogP contribution in [0, 0.1) is 0 Å². The smallest absolute Gasteiger partial charge is 0.267 e. The number of carbonyl (C=O) groups excluding carboxylic acids is 2. The van der Waals surface area contributed by atoms with Crippen LogP contribution in [0.25, 0.3) is 10.2 Å². The number of benzene rings is 2. The molecule has 2 heterocycles. The molecule has 1 aliphatic rings. The fraction of sp³-hybridized carbons (Fsp3) is 0.286. The fourth-order valence-electron chi connectivity index (χ4n) is 3.33. The maximum Gasteiger partial charge on any atom is 0.267 e. The third-order valence-electron chi connectivity index (χ3n) is 4.75. The summed E-state index contributed by atoms with van der Waals surface area (Å²) >= 11 is 1.50. The van der Waals surface area contributed by atoms with Gasteiger partial charge in [-0.3, -0.25) is 14.5 Å². The Hall–Kier alpha value is -2.93. The van der Waals surface area contributed by atoms with Crippen LogP contribution >= 0.6 is 11.3 Å². The van der Waals surface area contributed by atoms with Crippen LogP contribution in [-0.2, 0) is 9.59 Å². The molecule has 0 saturated carbocycles. The number of para-hydroxylation sites is 3. The molecule has 2 amide bonds. The normalized spacial score (nSPS) is 16.0. The number of hydrogen-bond acceptors (Lipinski definition) is 5. The third-order valence-corrected chi connectivity index (χ3v) is 5.81. The molecule has 0 bridgehead atoms. The Morgan fingerprint density at radius 3 is 2.75 bits per heavy atom. The summed E-state index contributed by atoms with van der Waals surface area (Å²) in [5, 5.41) is 0.691. The molecule has 1 atom stereocenters. The second-order valence-corrected chi connectivity index (χ2v) is 7.58. The Bertz CT molecular complexity index is 999. The van der Waals surface area contributed by atoms with Gasteiger partial charge in [0.25, 0.3) is 5.91 Å². The number of thiazole rings is 1. The van der Waals surface area contributed by atoms with Crippen molar-refractivity contribution in [3.05, 3.63) is 48.5 Å². The van der Waals surface area contributed by atoms with E-state index in [-0.39, 0.29) is 18.2 Å². The number of fused-ring (bicyclic) bond motifs is 2. The van der Waals surface area contributed by atoms with Crippen molar-refractivity contribution in [2.45, 2.75) is 26.4 Å². The first kappa shape index (κ1) is 18.4. The van der Waals surface area contributed by atoms with Crippen LogP contribution in [0.1, 0.15) is 20.3 Å². The Morgan fingerprint density at radius 2 is 1.96 bits per heavy atom. The lowest BCUT2D eigenvalue weighted by Crippen LogP contribution is -2.46. The summed E-state index contributed by atoms with van der Waals surface area (Å²) < 4.78 is 6.71. The van der Waals surface area contributed by atoms with Gasteiger partial charge in [0.05, 0.1) is 15.9 Å². The van der Waals surface area contributed by atoms with Gasteiger partial charge in [-0.15, -0.1) is 0 Å². The molecule has 3 aromatic rings. The highest BCUT2D eigenvalue weighted by Gasteiger charge is 2.31. The van der Waals surface area contributed by atoms with Crippen molar-refractivity contribution in [1.29, 1.82) is 0 Å². The molecular formula is C21H21N3O3S. The summed E-state index contributed by atoms with van der Waals surface area (Å²) in [4.78, 5) is 33.4. The van der Waals surface area contributed by atoms with E-state index in [0.29, 0.717) is 29.7 Å². The standard InChI is InChI=1S/C21H21N3O3S/c1-3-23(21-22-15-8-4-7-11-18(15)28-21)19(25)12-13-24-16-9-5-6-10-17(16)27-14(2)20(24)26/h4-11,14H,3,12-13H2,1-2H3. The SMILES string of the molecule is CCN(C(=O)CCN1C(=O)C(C)Oc2ccccc21)c1nc2ccccc2s1. The third kappa shape index (κ3) is 3.33. The second-order valence-electron chi connectivity index (χ2n) is 6.57. The summed E-state index contributed by atoms with van der Waals surface area (Å²) in [6.07, 6.45) is -0.340. The number of ether oxygens (including phenoxy) is 1. The molecule has 2 aromatic carbocycles. The van der Waals surface area contributed by atoms with Crippen molar-refractivity contribution >= 4 is 44.2 Å². The lowest BCUT2D eigenvalue weighted by molar-refractivity contribution is -0.125. The van der Waals surface area contributed by atoms with Gasteiger partial charge in [-0.2, -0.15) is 0 Å². The highest BCUT2D eigenvalue weighted by molar-refractivity contribution is 7.22. The summed E-state index contributed by atoms with van der Waals surface area (Å²) in [5.41, 5.74) is 1.60. The first-order valence-corrected chi connectivity index (χ1v) is 10.1. The molecule has 1 aliphatic heterocycles. The predicted octanol–water partition coefficient (Wildman–Crippen LogP) is 3.85.